The van der Waals surface area contributed by atoms with Gasteiger partial charge in [0.05, 0.1) is 10.5 Å². The molecule has 3 rings (SSSR count). The van der Waals surface area contributed by atoms with E-state index in [0.29, 0.717) is 11.4 Å². The topological polar surface area (TPSA) is 90.1 Å². The van der Waals surface area contributed by atoms with E-state index >= 15 is 0 Å². The lowest BCUT2D eigenvalue weighted by molar-refractivity contribution is -0.385. The summed E-state index contributed by atoms with van der Waals surface area (Å²) < 4.78 is 1.84. The number of imidazole rings is 1. The molecule has 136 valence electrons. The predicted molar refractivity (Wildman–Crippen MR) is 102 cm³/mol. The van der Waals surface area contributed by atoms with Gasteiger partial charge in [0.2, 0.25) is 5.91 Å². The van der Waals surface area contributed by atoms with E-state index in [-0.39, 0.29) is 11.6 Å². The third-order valence-electron chi connectivity index (χ3n) is 4.08. The lowest BCUT2D eigenvalue weighted by Crippen LogP contribution is -2.29. The van der Waals surface area contributed by atoms with Gasteiger partial charge in [0.25, 0.3) is 5.69 Å². The molecule has 0 aliphatic carbocycles. The van der Waals surface area contributed by atoms with Crippen molar-refractivity contribution in [3.8, 4) is 0 Å². The largest absolute Gasteiger partial charge is 0.339 e. The van der Waals surface area contributed by atoms with E-state index < -0.39 is 11.0 Å². The SMILES string of the molecule is Cn1ccnc1[C@@H](NC(=O)/C=C/c1ccccc1[N+](=O)[O-])c1ccccc1. The fourth-order valence-electron chi connectivity index (χ4n) is 2.75. The second-order valence-electron chi connectivity index (χ2n) is 5.90. The summed E-state index contributed by atoms with van der Waals surface area (Å²) in [7, 11) is 1.85. The van der Waals surface area contributed by atoms with E-state index in [9.17, 15) is 14.9 Å². The lowest BCUT2D eigenvalue weighted by atomic mass is 10.1. The van der Waals surface area contributed by atoms with Crippen molar-refractivity contribution < 1.29 is 9.72 Å². The second kappa shape index (κ2) is 8.09. The first-order valence-electron chi connectivity index (χ1n) is 8.30. The number of hydrogen-bond acceptors (Lipinski definition) is 4. The molecule has 3 aromatic rings. The zero-order valence-corrected chi connectivity index (χ0v) is 14.6. The molecule has 27 heavy (non-hydrogen) atoms. The number of amides is 1. The molecule has 7 nitrogen and oxygen atoms in total. The number of carbonyl (C=O) groups excluding carboxylic acids is 1. The van der Waals surface area contributed by atoms with Crippen LogP contribution in [0.4, 0.5) is 5.69 Å². The first kappa shape index (κ1) is 18.1. The first-order chi connectivity index (χ1) is 13.1. The number of nitrogens with one attached hydrogen (secondary N) is 1. The molecule has 0 aliphatic rings. The fourth-order valence-corrected chi connectivity index (χ4v) is 2.75. The molecule has 1 aromatic heterocycles. The molecule has 1 atom stereocenters. The third kappa shape index (κ3) is 4.27. The Hall–Kier alpha value is -3.74. The number of para-hydroxylation sites is 1. The van der Waals surface area contributed by atoms with E-state index in [1.54, 1.807) is 30.6 Å². The Bertz CT molecular complexity index is 980. The molecule has 1 heterocycles. The van der Waals surface area contributed by atoms with Crippen LogP contribution in [-0.2, 0) is 11.8 Å². The molecule has 2 aromatic carbocycles. The van der Waals surface area contributed by atoms with Gasteiger partial charge in [0.15, 0.2) is 0 Å². The summed E-state index contributed by atoms with van der Waals surface area (Å²) in [5, 5.41) is 14.0. The van der Waals surface area contributed by atoms with Crippen molar-refractivity contribution in [2.24, 2.45) is 7.05 Å². The van der Waals surface area contributed by atoms with Crippen LogP contribution in [0.5, 0.6) is 0 Å². The Balaban J connectivity index is 1.84. The van der Waals surface area contributed by atoms with Crippen LogP contribution in [0.3, 0.4) is 0 Å². The van der Waals surface area contributed by atoms with Gasteiger partial charge in [-0.3, -0.25) is 14.9 Å². The van der Waals surface area contributed by atoms with Crippen molar-refractivity contribution in [3.05, 3.63) is 100 Å². The van der Waals surface area contributed by atoms with Gasteiger partial charge in [-0.25, -0.2) is 4.98 Å². The molecular weight excluding hydrogens is 344 g/mol. The quantitative estimate of drug-likeness (QED) is 0.414. The number of nitro groups is 1. The van der Waals surface area contributed by atoms with Gasteiger partial charge in [-0.05, 0) is 17.7 Å². The number of rotatable bonds is 6. The van der Waals surface area contributed by atoms with Gasteiger partial charge in [-0.1, -0.05) is 42.5 Å². The van der Waals surface area contributed by atoms with Crippen LogP contribution >= 0.6 is 0 Å². The molecule has 0 saturated carbocycles. The van der Waals surface area contributed by atoms with Crippen LogP contribution in [0.25, 0.3) is 6.08 Å². The van der Waals surface area contributed by atoms with Crippen molar-refractivity contribution in [1.82, 2.24) is 14.9 Å². The second-order valence-corrected chi connectivity index (χ2v) is 5.90. The van der Waals surface area contributed by atoms with Crippen LogP contribution in [0.15, 0.2) is 73.1 Å². The number of aromatic nitrogens is 2. The fraction of sp³-hybridized carbons (Fsp3) is 0.100. The van der Waals surface area contributed by atoms with Crippen LogP contribution in [0.1, 0.15) is 23.0 Å². The standard InChI is InChI=1S/C20H18N4O3/c1-23-14-13-21-20(23)19(16-8-3-2-4-9-16)22-18(25)12-11-15-7-5-6-10-17(15)24(26)27/h2-14,19H,1H3,(H,22,25)/b12-11+/t19-/m0/s1. The lowest BCUT2D eigenvalue weighted by Gasteiger charge is -2.18. The molecule has 0 unspecified atom stereocenters. The summed E-state index contributed by atoms with van der Waals surface area (Å²) >= 11 is 0. The van der Waals surface area contributed by atoms with E-state index in [1.165, 1.54) is 18.2 Å². The van der Waals surface area contributed by atoms with E-state index in [0.717, 1.165) is 5.56 Å². The van der Waals surface area contributed by atoms with Gasteiger partial charge in [-0.15, -0.1) is 0 Å². The highest BCUT2D eigenvalue weighted by molar-refractivity contribution is 5.92. The molecule has 7 heteroatoms. The van der Waals surface area contributed by atoms with Gasteiger partial charge >= 0.3 is 0 Å². The van der Waals surface area contributed by atoms with Crippen molar-refractivity contribution in [2.45, 2.75) is 6.04 Å². The monoisotopic (exact) mass is 362 g/mol. The van der Waals surface area contributed by atoms with Crippen LogP contribution in [-0.4, -0.2) is 20.4 Å². The zero-order valence-electron chi connectivity index (χ0n) is 14.6. The smallest absolute Gasteiger partial charge is 0.276 e. The number of aryl methyl sites for hydroxylation is 1. The molecule has 1 amide bonds. The maximum absolute atomic E-state index is 12.5. The van der Waals surface area contributed by atoms with Crippen LogP contribution in [0, 0.1) is 10.1 Å². The molecule has 0 aliphatic heterocycles. The number of benzene rings is 2. The van der Waals surface area contributed by atoms with Gasteiger partial charge < -0.3 is 9.88 Å². The van der Waals surface area contributed by atoms with Gasteiger partial charge in [0.1, 0.15) is 11.9 Å². The van der Waals surface area contributed by atoms with Crippen molar-refractivity contribution in [1.29, 1.82) is 0 Å². The number of nitrogens with zero attached hydrogens (tertiary/aromatic N) is 3. The highest BCUT2D eigenvalue weighted by Crippen LogP contribution is 2.21. The Kier molecular flexibility index (Phi) is 5.41. The minimum absolute atomic E-state index is 0.0507. The molecule has 0 spiro atoms. The molecular formula is C20H18N4O3. The Morgan fingerprint density at radius 2 is 1.89 bits per heavy atom. The maximum Gasteiger partial charge on any atom is 0.276 e. The summed E-state index contributed by atoms with van der Waals surface area (Å²) in [5.74, 6) is 0.318. The maximum atomic E-state index is 12.5. The average Bonchev–Trinajstić information content (AvgIpc) is 3.11. The van der Waals surface area contributed by atoms with E-state index in [2.05, 4.69) is 10.3 Å². The van der Waals surface area contributed by atoms with Crippen molar-refractivity contribution in [3.63, 3.8) is 0 Å². The molecule has 0 bridgehead atoms. The normalized spacial score (nSPS) is 12.0. The Morgan fingerprint density at radius 3 is 2.56 bits per heavy atom. The minimum atomic E-state index is -0.474. The Morgan fingerprint density at radius 1 is 1.19 bits per heavy atom. The highest BCUT2D eigenvalue weighted by Gasteiger charge is 2.19. The number of hydrogen-bond donors (Lipinski definition) is 1. The zero-order chi connectivity index (χ0) is 19.2. The summed E-state index contributed by atoms with van der Waals surface area (Å²) in [5.41, 5.74) is 1.20. The van der Waals surface area contributed by atoms with Gasteiger partial charge in [0, 0.05) is 31.6 Å². The molecule has 0 fully saturated rings. The average molecular weight is 362 g/mol. The van der Waals surface area contributed by atoms with Crippen molar-refractivity contribution in [2.75, 3.05) is 0 Å². The summed E-state index contributed by atoms with van der Waals surface area (Å²) in [6.07, 6.45) is 6.20. The van der Waals surface area contributed by atoms with Gasteiger partial charge in [-0.2, -0.15) is 0 Å². The summed E-state index contributed by atoms with van der Waals surface area (Å²) in [6.45, 7) is 0. The molecule has 0 radical (unpaired) electrons. The molecule has 1 N–H and O–H groups in total. The van der Waals surface area contributed by atoms with Crippen LogP contribution < -0.4 is 5.32 Å². The predicted octanol–water partition coefficient (Wildman–Crippen LogP) is 3.25. The van der Waals surface area contributed by atoms with Crippen molar-refractivity contribution >= 4 is 17.7 Å². The number of nitro benzene ring substituents is 1. The highest BCUT2D eigenvalue weighted by atomic mass is 16.6. The Labute approximate surface area is 156 Å². The first-order valence-corrected chi connectivity index (χ1v) is 8.30. The summed E-state index contributed by atoms with van der Waals surface area (Å²) in [6, 6.07) is 15.3. The minimum Gasteiger partial charge on any atom is -0.339 e. The molecule has 0 saturated heterocycles. The van der Waals surface area contributed by atoms with E-state index in [1.807, 2.05) is 41.9 Å². The van der Waals surface area contributed by atoms with E-state index in [4.69, 9.17) is 0 Å². The van der Waals surface area contributed by atoms with Crippen LogP contribution in [0.2, 0.25) is 0 Å². The summed E-state index contributed by atoms with van der Waals surface area (Å²) in [4.78, 5) is 27.4. The third-order valence-corrected chi connectivity index (χ3v) is 4.08. The number of carbonyl (C=O) groups is 1.